The second-order valence-corrected chi connectivity index (χ2v) is 5.06. The monoisotopic (exact) mass is 256 g/mol. The first-order chi connectivity index (χ1) is 7.91. The number of aryl methyl sites for hydroxylation is 1. The normalized spacial score (nSPS) is 14.4. The number of aliphatic hydroxyl groups is 2. The van der Waals surface area contributed by atoms with Crippen LogP contribution < -0.4 is 0 Å². The van der Waals surface area contributed by atoms with Gasteiger partial charge in [0.25, 0.3) is 0 Å². The van der Waals surface area contributed by atoms with Gasteiger partial charge in [0.15, 0.2) is 5.12 Å². The van der Waals surface area contributed by atoms with Gasteiger partial charge in [0, 0.05) is 12.7 Å². The predicted octanol–water partition coefficient (Wildman–Crippen LogP) is 1.37. The Morgan fingerprint density at radius 3 is 2.59 bits per heavy atom. The first-order valence-corrected chi connectivity index (χ1v) is 6.19. The first kappa shape index (κ1) is 14.0. The van der Waals surface area contributed by atoms with E-state index in [1.807, 2.05) is 0 Å². The van der Waals surface area contributed by atoms with Crippen LogP contribution in [0.3, 0.4) is 0 Å². The summed E-state index contributed by atoms with van der Waals surface area (Å²) in [5, 5.41) is 28.9. The number of thioether (sulfide) groups is 1. The minimum absolute atomic E-state index is 0.0768. The molecule has 94 valence electrons. The summed E-state index contributed by atoms with van der Waals surface area (Å²) >= 11 is 0.958. The number of hydrogen-bond donors (Lipinski definition) is 3. The largest absolute Gasteiger partial charge is 0.508 e. The van der Waals surface area contributed by atoms with E-state index in [4.69, 9.17) is 0 Å². The molecule has 1 aromatic rings. The van der Waals surface area contributed by atoms with Crippen molar-refractivity contribution in [3.63, 3.8) is 0 Å². The Morgan fingerprint density at radius 1 is 1.41 bits per heavy atom. The van der Waals surface area contributed by atoms with Crippen molar-refractivity contribution in [2.45, 2.75) is 26.1 Å². The van der Waals surface area contributed by atoms with Crippen LogP contribution in [0.2, 0.25) is 0 Å². The number of aromatic hydroxyl groups is 1. The van der Waals surface area contributed by atoms with E-state index in [1.54, 1.807) is 19.1 Å². The highest BCUT2D eigenvalue weighted by Crippen LogP contribution is 2.25. The molecule has 0 fully saturated rings. The summed E-state index contributed by atoms with van der Waals surface area (Å²) in [6.45, 7) is 3.15. The zero-order chi connectivity index (χ0) is 13.0. The van der Waals surface area contributed by atoms with E-state index in [9.17, 15) is 20.1 Å². The second-order valence-electron chi connectivity index (χ2n) is 3.86. The highest BCUT2D eigenvalue weighted by molar-refractivity contribution is 8.13. The first-order valence-electron chi connectivity index (χ1n) is 5.21. The Bertz CT molecular complexity index is 405. The average Bonchev–Trinajstić information content (AvgIpc) is 2.28. The van der Waals surface area contributed by atoms with Crippen molar-refractivity contribution in [2.24, 2.45) is 0 Å². The summed E-state index contributed by atoms with van der Waals surface area (Å²) in [4.78, 5) is 10.7. The smallest absolute Gasteiger partial charge is 0.185 e. The van der Waals surface area contributed by atoms with Crippen LogP contribution in [-0.4, -0.2) is 32.3 Å². The van der Waals surface area contributed by atoms with Crippen LogP contribution in [0.1, 0.15) is 24.2 Å². The number of hydrogen-bond acceptors (Lipinski definition) is 5. The van der Waals surface area contributed by atoms with E-state index in [-0.39, 0.29) is 16.6 Å². The van der Waals surface area contributed by atoms with Gasteiger partial charge in [0.1, 0.15) is 11.9 Å². The molecule has 4 nitrogen and oxygen atoms in total. The van der Waals surface area contributed by atoms with Crippen molar-refractivity contribution in [1.29, 1.82) is 0 Å². The Balaban J connectivity index is 2.70. The molecule has 2 atom stereocenters. The molecule has 1 aromatic carbocycles. The lowest BCUT2D eigenvalue weighted by Crippen LogP contribution is -2.21. The summed E-state index contributed by atoms with van der Waals surface area (Å²) in [7, 11) is 0. The molecule has 0 saturated heterocycles. The molecule has 0 aliphatic carbocycles. The molecule has 0 aliphatic rings. The maximum absolute atomic E-state index is 10.7. The standard InChI is InChI=1S/C12H16O4S/c1-7-3-4-9(5-10(7)14)12(16)11(15)6-17-8(2)13/h3-5,11-12,14-16H,6H2,1-2H3. The van der Waals surface area contributed by atoms with Gasteiger partial charge in [0.2, 0.25) is 0 Å². The van der Waals surface area contributed by atoms with Gasteiger partial charge in [-0.3, -0.25) is 4.79 Å². The minimum Gasteiger partial charge on any atom is -0.508 e. The Hall–Kier alpha value is -1.04. The molecule has 0 spiro atoms. The number of aliphatic hydroxyl groups excluding tert-OH is 2. The van der Waals surface area contributed by atoms with E-state index in [0.717, 1.165) is 11.8 Å². The third-order valence-electron chi connectivity index (χ3n) is 2.40. The lowest BCUT2D eigenvalue weighted by atomic mass is 10.0. The van der Waals surface area contributed by atoms with Crippen LogP contribution in [0, 0.1) is 6.92 Å². The van der Waals surface area contributed by atoms with Crippen molar-refractivity contribution in [3.8, 4) is 5.75 Å². The van der Waals surface area contributed by atoms with Crippen LogP contribution in [0.4, 0.5) is 0 Å². The number of benzene rings is 1. The number of carbonyl (C=O) groups is 1. The summed E-state index contributed by atoms with van der Waals surface area (Å²) in [5.74, 6) is 0.207. The molecule has 0 heterocycles. The minimum atomic E-state index is -1.10. The van der Waals surface area contributed by atoms with Crippen molar-refractivity contribution in [3.05, 3.63) is 29.3 Å². The molecule has 5 heteroatoms. The van der Waals surface area contributed by atoms with Gasteiger partial charge in [-0.15, -0.1) is 0 Å². The second kappa shape index (κ2) is 6.05. The molecule has 1 rings (SSSR count). The van der Waals surface area contributed by atoms with Crippen LogP contribution in [0.25, 0.3) is 0 Å². The van der Waals surface area contributed by atoms with Gasteiger partial charge in [-0.1, -0.05) is 23.9 Å². The molecular formula is C12H16O4S. The fourth-order valence-corrected chi connectivity index (χ4v) is 1.91. The fourth-order valence-electron chi connectivity index (χ4n) is 1.33. The Kier molecular flexibility index (Phi) is 4.99. The fraction of sp³-hybridized carbons (Fsp3) is 0.417. The molecule has 3 N–H and O–H groups in total. The van der Waals surface area contributed by atoms with Gasteiger partial charge >= 0.3 is 0 Å². The topological polar surface area (TPSA) is 77.8 Å². The van der Waals surface area contributed by atoms with Gasteiger partial charge < -0.3 is 15.3 Å². The van der Waals surface area contributed by atoms with Gasteiger partial charge in [-0.05, 0) is 24.1 Å². The Labute approximate surface area is 104 Å². The summed E-state index contributed by atoms with van der Waals surface area (Å²) in [6.07, 6.45) is -2.14. The SMILES string of the molecule is CC(=O)SCC(O)C(O)c1ccc(C)c(O)c1. The molecule has 2 unspecified atom stereocenters. The Morgan fingerprint density at radius 2 is 2.06 bits per heavy atom. The van der Waals surface area contributed by atoms with E-state index in [2.05, 4.69) is 0 Å². The molecule has 0 aromatic heterocycles. The predicted molar refractivity (Wildman–Crippen MR) is 66.9 cm³/mol. The van der Waals surface area contributed by atoms with Crippen LogP contribution in [-0.2, 0) is 4.79 Å². The molecule has 17 heavy (non-hydrogen) atoms. The van der Waals surface area contributed by atoms with Crippen molar-refractivity contribution in [2.75, 3.05) is 5.75 Å². The summed E-state index contributed by atoms with van der Waals surface area (Å²) in [6, 6.07) is 4.72. The third-order valence-corrected chi connectivity index (χ3v) is 3.31. The van der Waals surface area contributed by atoms with Crippen LogP contribution >= 0.6 is 11.8 Å². The van der Waals surface area contributed by atoms with Crippen LogP contribution in [0.15, 0.2) is 18.2 Å². The highest BCUT2D eigenvalue weighted by atomic mass is 32.2. The maximum atomic E-state index is 10.7. The van der Waals surface area contributed by atoms with Crippen molar-refractivity contribution < 1.29 is 20.1 Å². The van der Waals surface area contributed by atoms with Crippen molar-refractivity contribution >= 4 is 16.9 Å². The zero-order valence-corrected chi connectivity index (χ0v) is 10.6. The molecular weight excluding hydrogens is 240 g/mol. The summed E-state index contributed by atoms with van der Waals surface area (Å²) in [5.41, 5.74) is 1.14. The third kappa shape index (κ3) is 4.03. The highest BCUT2D eigenvalue weighted by Gasteiger charge is 2.19. The molecule has 0 amide bonds. The van der Waals surface area contributed by atoms with Gasteiger partial charge in [-0.25, -0.2) is 0 Å². The average molecular weight is 256 g/mol. The van der Waals surface area contributed by atoms with E-state index in [1.165, 1.54) is 13.0 Å². The number of phenols is 1. The molecule has 0 aliphatic heterocycles. The molecule has 0 bridgehead atoms. The number of carbonyl (C=O) groups excluding carboxylic acids is 1. The van der Waals surface area contributed by atoms with E-state index in [0.29, 0.717) is 11.1 Å². The lowest BCUT2D eigenvalue weighted by Gasteiger charge is -2.17. The van der Waals surface area contributed by atoms with Gasteiger partial charge in [-0.2, -0.15) is 0 Å². The number of rotatable bonds is 4. The zero-order valence-electron chi connectivity index (χ0n) is 9.75. The lowest BCUT2D eigenvalue weighted by molar-refractivity contribution is -0.109. The van der Waals surface area contributed by atoms with Crippen molar-refractivity contribution in [1.82, 2.24) is 0 Å². The van der Waals surface area contributed by atoms with Gasteiger partial charge in [0.05, 0.1) is 6.10 Å². The quantitative estimate of drug-likeness (QED) is 0.758. The van der Waals surface area contributed by atoms with E-state index >= 15 is 0 Å². The maximum Gasteiger partial charge on any atom is 0.185 e. The number of phenolic OH excluding ortho intramolecular Hbond substituents is 1. The molecule has 0 saturated carbocycles. The molecule has 0 radical (unpaired) electrons. The van der Waals surface area contributed by atoms with Crippen LogP contribution in [0.5, 0.6) is 5.75 Å². The van der Waals surface area contributed by atoms with E-state index < -0.39 is 12.2 Å². The summed E-state index contributed by atoms with van der Waals surface area (Å²) < 4.78 is 0.